The first-order chi connectivity index (χ1) is 28.3. The number of benzene rings is 5. The molecule has 0 bridgehead atoms. The molecule has 5 nitrogen and oxygen atoms in total. The van der Waals surface area contributed by atoms with Crippen molar-refractivity contribution in [1.82, 2.24) is 19.5 Å². The Morgan fingerprint density at radius 1 is 0.700 bits per heavy atom. The Morgan fingerprint density at radius 3 is 2.03 bits per heavy atom. The van der Waals surface area contributed by atoms with Crippen LogP contribution in [0.15, 0.2) is 126 Å². The van der Waals surface area contributed by atoms with Crippen molar-refractivity contribution in [3.8, 4) is 39.5 Å². The fraction of sp³-hybridized carbons (Fsp3) is 0.226. The van der Waals surface area contributed by atoms with E-state index in [1.165, 1.54) is 38.7 Å². The molecular formula is C53H52IrN4OSi-2. The SMILES string of the molecule is Cc1c[c-]c(-c2ccc([Si](C)(C)C)cn2)cc1.Cc1cc2oc3c(-c4nc5ccccc5n4-c4c(C(C)C)cc(-c5ccccc5)cc4C(C)C)[c-]cc(C)c3c2cn1.[Ir]. The van der Waals surface area contributed by atoms with E-state index in [1.807, 2.05) is 31.5 Å². The van der Waals surface area contributed by atoms with Gasteiger partial charge in [-0.25, -0.2) is 0 Å². The van der Waals surface area contributed by atoms with Gasteiger partial charge in [0.15, 0.2) is 0 Å². The molecule has 1 radical (unpaired) electrons. The molecule has 4 heterocycles. The van der Waals surface area contributed by atoms with E-state index in [1.54, 1.807) is 0 Å². The molecule has 0 amide bonds. The Bertz CT molecular complexity index is 2910. The zero-order chi connectivity index (χ0) is 41.6. The minimum atomic E-state index is -1.24. The summed E-state index contributed by atoms with van der Waals surface area (Å²) in [6.45, 7) is 22.3. The summed E-state index contributed by atoms with van der Waals surface area (Å²) in [5, 5.41) is 3.48. The molecule has 0 unspecified atom stereocenters. The Hall–Kier alpha value is -5.46. The van der Waals surface area contributed by atoms with Gasteiger partial charge in [0.25, 0.3) is 0 Å². The number of pyridine rings is 2. The van der Waals surface area contributed by atoms with Crippen LogP contribution in [0.2, 0.25) is 19.6 Å². The van der Waals surface area contributed by atoms with Crippen LogP contribution in [-0.2, 0) is 20.1 Å². The third-order valence-electron chi connectivity index (χ3n) is 11.2. The molecule has 9 rings (SSSR count). The van der Waals surface area contributed by atoms with Crippen LogP contribution in [0.25, 0.3) is 72.4 Å². The van der Waals surface area contributed by atoms with Crippen LogP contribution in [0.1, 0.15) is 67.5 Å². The Morgan fingerprint density at radius 2 is 1.40 bits per heavy atom. The van der Waals surface area contributed by atoms with Crippen LogP contribution in [-0.4, -0.2) is 27.6 Å². The Balaban J connectivity index is 0.000000255. The third-order valence-corrected chi connectivity index (χ3v) is 13.2. The number of aromatic nitrogens is 4. The molecule has 0 saturated heterocycles. The molecule has 0 aliphatic rings. The fourth-order valence-electron chi connectivity index (χ4n) is 7.84. The maximum Gasteiger partial charge on any atom is 0.124 e. The van der Waals surface area contributed by atoms with E-state index >= 15 is 0 Å². The van der Waals surface area contributed by atoms with E-state index < -0.39 is 8.07 Å². The molecule has 9 aromatic rings. The zero-order valence-electron chi connectivity index (χ0n) is 36.2. The summed E-state index contributed by atoms with van der Waals surface area (Å²) in [6.07, 6.45) is 3.95. The largest absolute Gasteiger partial charge is 0.500 e. The van der Waals surface area contributed by atoms with Crippen LogP contribution >= 0.6 is 0 Å². The number of nitrogens with zero attached hydrogens (tertiary/aromatic N) is 4. The van der Waals surface area contributed by atoms with E-state index in [9.17, 15) is 0 Å². The molecule has 0 aliphatic heterocycles. The maximum atomic E-state index is 6.59. The van der Waals surface area contributed by atoms with Crippen molar-refractivity contribution in [2.45, 2.75) is 79.9 Å². The van der Waals surface area contributed by atoms with Crippen molar-refractivity contribution in [2.24, 2.45) is 0 Å². The topological polar surface area (TPSA) is 56.7 Å². The Kier molecular flexibility index (Phi) is 12.3. The van der Waals surface area contributed by atoms with Gasteiger partial charge in [-0.1, -0.05) is 127 Å². The molecule has 4 aromatic heterocycles. The predicted molar refractivity (Wildman–Crippen MR) is 250 cm³/mol. The minimum absolute atomic E-state index is 0. The molecule has 7 heteroatoms. The van der Waals surface area contributed by atoms with Crippen molar-refractivity contribution in [3.63, 3.8) is 0 Å². The van der Waals surface area contributed by atoms with Crippen molar-refractivity contribution in [1.29, 1.82) is 0 Å². The van der Waals surface area contributed by atoms with Crippen molar-refractivity contribution >= 4 is 46.2 Å². The summed E-state index contributed by atoms with van der Waals surface area (Å²) in [5.74, 6) is 1.41. The molecular weight excluding hydrogens is 929 g/mol. The van der Waals surface area contributed by atoms with Crippen LogP contribution in [0, 0.1) is 32.9 Å². The molecule has 5 aromatic carbocycles. The monoisotopic (exact) mass is 981 g/mol. The van der Waals surface area contributed by atoms with Gasteiger partial charge in [0, 0.05) is 55.3 Å². The van der Waals surface area contributed by atoms with Crippen molar-refractivity contribution < 1.29 is 24.5 Å². The Labute approximate surface area is 369 Å². The van der Waals surface area contributed by atoms with Gasteiger partial charge in [-0.05, 0) is 76.2 Å². The summed E-state index contributed by atoms with van der Waals surface area (Å²) >= 11 is 0. The first-order valence-corrected chi connectivity index (χ1v) is 24.2. The zero-order valence-corrected chi connectivity index (χ0v) is 39.6. The standard InChI is InChI=1S/C38H34N3O.C15H18NSi.Ir/c1-22(2)29-19-27(26-12-8-7-9-13-26)20-30(23(3)4)36(29)41-33-15-11-10-14-32(33)40-38(41)28-17-16-24(5)35-31-21-39-25(6)18-34(31)42-37(28)35;1-12-5-7-13(8-6-12)15-10-9-14(11-16-15)17(2,3)4;/h7-16,18-23H,1-6H3;5-7,9-11H,1-4H3;/q2*-1;. The van der Waals surface area contributed by atoms with Crippen molar-refractivity contribution in [3.05, 3.63) is 162 Å². The number of rotatable bonds is 7. The second-order valence-corrected chi connectivity index (χ2v) is 22.5. The van der Waals surface area contributed by atoms with Gasteiger partial charge in [-0.2, -0.15) is 0 Å². The molecule has 60 heavy (non-hydrogen) atoms. The van der Waals surface area contributed by atoms with E-state index in [4.69, 9.17) is 9.40 Å². The summed E-state index contributed by atoms with van der Waals surface area (Å²) in [5.41, 5.74) is 16.1. The smallest absolute Gasteiger partial charge is 0.124 e. The van der Waals surface area contributed by atoms with Gasteiger partial charge in [-0.15, -0.1) is 53.1 Å². The molecule has 0 aliphatic carbocycles. The quantitative estimate of drug-likeness (QED) is 0.118. The molecule has 0 atom stereocenters. The number of para-hydroxylation sites is 2. The first-order valence-electron chi connectivity index (χ1n) is 20.7. The van der Waals surface area contributed by atoms with Gasteiger partial charge in [-0.3, -0.25) is 9.97 Å². The van der Waals surface area contributed by atoms with Gasteiger partial charge < -0.3 is 14.0 Å². The summed E-state index contributed by atoms with van der Waals surface area (Å²) in [7, 11) is -1.24. The maximum absolute atomic E-state index is 6.59. The van der Waals surface area contributed by atoms with Gasteiger partial charge in [0.1, 0.15) is 5.58 Å². The van der Waals surface area contributed by atoms with E-state index in [0.29, 0.717) is 0 Å². The van der Waals surface area contributed by atoms with E-state index in [2.05, 4.69) is 185 Å². The fourth-order valence-corrected chi connectivity index (χ4v) is 8.87. The number of aryl methyl sites for hydroxylation is 3. The first kappa shape index (κ1) is 42.7. The van der Waals surface area contributed by atoms with Crippen LogP contribution in [0.4, 0.5) is 0 Å². The van der Waals surface area contributed by atoms with Crippen molar-refractivity contribution in [2.75, 3.05) is 0 Å². The summed E-state index contributed by atoms with van der Waals surface area (Å²) in [4.78, 5) is 14.4. The van der Waals surface area contributed by atoms with E-state index in [0.717, 1.165) is 66.9 Å². The molecule has 0 fully saturated rings. The number of hydrogen-bond donors (Lipinski definition) is 0. The van der Waals surface area contributed by atoms with Crippen LogP contribution < -0.4 is 5.19 Å². The van der Waals surface area contributed by atoms with E-state index in [-0.39, 0.29) is 31.9 Å². The molecule has 0 N–H and O–H groups in total. The average molecular weight is 981 g/mol. The number of furan rings is 1. The minimum Gasteiger partial charge on any atom is -0.500 e. The third kappa shape index (κ3) is 8.32. The van der Waals surface area contributed by atoms with Crippen LogP contribution in [0.3, 0.4) is 0 Å². The van der Waals surface area contributed by atoms with Crippen LogP contribution in [0.5, 0.6) is 0 Å². The molecule has 0 spiro atoms. The summed E-state index contributed by atoms with van der Waals surface area (Å²) in [6, 6.07) is 45.2. The summed E-state index contributed by atoms with van der Waals surface area (Å²) < 4.78 is 8.95. The number of hydrogen-bond acceptors (Lipinski definition) is 4. The predicted octanol–water partition coefficient (Wildman–Crippen LogP) is 13.7. The second-order valence-electron chi connectivity index (χ2n) is 17.4. The molecule has 305 valence electrons. The second kappa shape index (κ2) is 17.3. The molecule has 0 saturated carbocycles. The van der Waals surface area contributed by atoms with Gasteiger partial charge in [0.05, 0.1) is 30.5 Å². The number of imidazole rings is 1. The number of fused-ring (bicyclic) bond motifs is 4. The van der Waals surface area contributed by atoms with Gasteiger partial charge in [0.2, 0.25) is 0 Å². The normalized spacial score (nSPS) is 11.7. The average Bonchev–Trinajstić information content (AvgIpc) is 3.80. The van der Waals surface area contributed by atoms with Gasteiger partial charge >= 0.3 is 0 Å².